The third kappa shape index (κ3) is 3.60. The van der Waals surface area contributed by atoms with Gasteiger partial charge in [-0.1, -0.05) is 42.5 Å². The van der Waals surface area contributed by atoms with E-state index >= 15 is 0 Å². The van der Waals surface area contributed by atoms with E-state index in [1.54, 1.807) is 17.2 Å². The Morgan fingerprint density at radius 1 is 1.12 bits per heavy atom. The first-order chi connectivity index (χ1) is 12.1. The molecule has 0 aliphatic heterocycles. The molecule has 0 atom stereocenters. The van der Waals surface area contributed by atoms with Gasteiger partial charge in [0, 0.05) is 18.5 Å². The van der Waals surface area contributed by atoms with Crippen LogP contribution in [0.1, 0.15) is 18.1 Å². The molecular weight excluding hydrogens is 314 g/mol. The van der Waals surface area contributed by atoms with Crippen LogP contribution in [-0.4, -0.2) is 27.1 Å². The highest BCUT2D eigenvalue weighted by Crippen LogP contribution is 2.11. The summed E-state index contributed by atoms with van der Waals surface area (Å²) in [7, 11) is 0. The molecule has 0 saturated carbocycles. The van der Waals surface area contributed by atoms with E-state index in [4.69, 9.17) is 0 Å². The molecule has 0 spiro atoms. The topological polar surface area (TPSA) is 55.2 Å². The van der Waals surface area contributed by atoms with E-state index < -0.39 is 0 Å². The molecule has 0 fully saturated rings. The van der Waals surface area contributed by atoms with Gasteiger partial charge in [-0.2, -0.15) is 5.10 Å². The van der Waals surface area contributed by atoms with Gasteiger partial charge in [0.25, 0.3) is 5.56 Å². The summed E-state index contributed by atoms with van der Waals surface area (Å²) in [5.41, 5.74) is 2.02. The quantitative estimate of drug-likeness (QED) is 0.720. The van der Waals surface area contributed by atoms with Crippen LogP contribution in [-0.2, 0) is 17.9 Å². The van der Waals surface area contributed by atoms with Crippen molar-refractivity contribution in [2.45, 2.75) is 26.9 Å². The van der Waals surface area contributed by atoms with Crippen molar-refractivity contribution in [1.82, 2.24) is 14.7 Å². The Balaban J connectivity index is 1.82. The molecule has 2 aromatic carbocycles. The number of aryl methyl sites for hydroxylation is 1. The Morgan fingerprint density at radius 3 is 2.60 bits per heavy atom. The molecular formula is C20H21N3O2. The lowest BCUT2D eigenvalue weighted by atomic mass is 10.1. The van der Waals surface area contributed by atoms with Crippen LogP contribution in [0.3, 0.4) is 0 Å². The first-order valence-corrected chi connectivity index (χ1v) is 8.37. The fourth-order valence-corrected chi connectivity index (χ4v) is 2.84. The maximum absolute atomic E-state index is 12.7. The molecule has 1 amide bonds. The third-order valence-corrected chi connectivity index (χ3v) is 4.40. The number of hydrogen-bond acceptors (Lipinski definition) is 3. The molecule has 0 saturated heterocycles. The van der Waals surface area contributed by atoms with Crippen molar-refractivity contribution in [1.29, 1.82) is 0 Å². The van der Waals surface area contributed by atoms with Crippen LogP contribution < -0.4 is 5.56 Å². The van der Waals surface area contributed by atoms with Crippen LogP contribution in [0.15, 0.2) is 59.5 Å². The largest absolute Gasteiger partial charge is 0.337 e. The van der Waals surface area contributed by atoms with E-state index in [1.807, 2.05) is 56.3 Å². The number of fused-ring (bicyclic) bond motifs is 1. The van der Waals surface area contributed by atoms with Gasteiger partial charge < -0.3 is 4.90 Å². The average molecular weight is 335 g/mol. The Bertz CT molecular complexity index is 962. The van der Waals surface area contributed by atoms with Gasteiger partial charge >= 0.3 is 0 Å². The summed E-state index contributed by atoms with van der Waals surface area (Å²) < 4.78 is 1.24. The predicted octanol–water partition coefficient (Wildman–Crippen LogP) is 2.75. The van der Waals surface area contributed by atoms with Gasteiger partial charge in [0.1, 0.15) is 6.54 Å². The Kier molecular flexibility index (Phi) is 4.93. The third-order valence-electron chi connectivity index (χ3n) is 4.40. The maximum Gasteiger partial charge on any atom is 0.275 e. The van der Waals surface area contributed by atoms with Crippen LogP contribution in [0, 0.1) is 6.92 Å². The average Bonchev–Trinajstić information content (AvgIpc) is 2.63. The second kappa shape index (κ2) is 7.30. The number of nitrogens with zero attached hydrogens (tertiary/aromatic N) is 3. The van der Waals surface area contributed by atoms with Crippen molar-refractivity contribution in [3.63, 3.8) is 0 Å². The molecule has 0 bridgehead atoms. The van der Waals surface area contributed by atoms with Gasteiger partial charge in [0.2, 0.25) is 5.91 Å². The lowest BCUT2D eigenvalue weighted by Crippen LogP contribution is -2.37. The molecule has 3 rings (SSSR count). The lowest BCUT2D eigenvalue weighted by molar-refractivity contribution is -0.132. The highest BCUT2D eigenvalue weighted by atomic mass is 16.2. The minimum absolute atomic E-state index is 0.0522. The van der Waals surface area contributed by atoms with Gasteiger partial charge in [0.05, 0.1) is 11.6 Å². The standard InChI is InChI=1S/C20H21N3O2/c1-3-22(13-17-10-5-4-8-15(17)2)19(24)14-23-20(25)18-11-7-6-9-16(18)12-21-23/h4-12H,3,13-14H2,1-2H3. The summed E-state index contributed by atoms with van der Waals surface area (Å²) >= 11 is 0. The van der Waals surface area contributed by atoms with E-state index in [9.17, 15) is 9.59 Å². The van der Waals surface area contributed by atoms with E-state index in [-0.39, 0.29) is 18.0 Å². The first kappa shape index (κ1) is 16.9. The van der Waals surface area contributed by atoms with Crippen molar-refractivity contribution in [2.75, 3.05) is 6.54 Å². The van der Waals surface area contributed by atoms with Crippen LogP contribution in [0.2, 0.25) is 0 Å². The molecule has 0 N–H and O–H groups in total. The second-order valence-corrected chi connectivity index (χ2v) is 6.03. The highest BCUT2D eigenvalue weighted by molar-refractivity contribution is 5.81. The molecule has 5 heteroatoms. The number of likely N-dealkylation sites (N-methyl/N-ethyl adjacent to an activating group) is 1. The van der Waals surface area contributed by atoms with E-state index in [0.29, 0.717) is 18.5 Å². The molecule has 0 radical (unpaired) electrons. The monoisotopic (exact) mass is 335 g/mol. The number of aromatic nitrogens is 2. The van der Waals surface area contributed by atoms with Gasteiger partial charge in [-0.3, -0.25) is 9.59 Å². The minimum atomic E-state index is -0.238. The summed E-state index contributed by atoms with van der Waals surface area (Å²) in [5.74, 6) is -0.115. The normalized spacial score (nSPS) is 10.8. The summed E-state index contributed by atoms with van der Waals surface area (Å²) in [4.78, 5) is 26.9. The second-order valence-electron chi connectivity index (χ2n) is 6.03. The first-order valence-electron chi connectivity index (χ1n) is 8.37. The predicted molar refractivity (Wildman–Crippen MR) is 98.3 cm³/mol. The van der Waals surface area contributed by atoms with Crippen LogP contribution in [0.5, 0.6) is 0 Å². The van der Waals surface area contributed by atoms with Crippen molar-refractivity contribution in [3.05, 3.63) is 76.2 Å². The molecule has 25 heavy (non-hydrogen) atoms. The molecule has 1 aromatic heterocycles. The Hall–Kier alpha value is -2.95. The van der Waals surface area contributed by atoms with Crippen molar-refractivity contribution in [2.24, 2.45) is 0 Å². The molecule has 0 aliphatic rings. The molecule has 0 unspecified atom stereocenters. The van der Waals surface area contributed by atoms with E-state index in [0.717, 1.165) is 16.5 Å². The van der Waals surface area contributed by atoms with Crippen molar-refractivity contribution >= 4 is 16.7 Å². The summed E-state index contributed by atoms with van der Waals surface area (Å²) in [5, 5.41) is 5.50. The number of hydrogen-bond donors (Lipinski definition) is 0. The number of rotatable bonds is 5. The molecule has 128 valence electrons. The fraction of sp³-hybridized carbons (Fsp3) is 0.250. The lowest BCUT2D eigenvalue weighted by Gasteiger charge is -2.22. The number of carbonyl (C=O) groups is 1. The molecule has 5 nitrogen and oxygen atoms in total. The molecule has 3 aromatic rings. The van der Waals surface area contributed by atoms with Gasteiger partial charge in [0.15, 0.2) is 0 Å². The van der Waals surface area contributed by atoms with Crippen molar-refractivity contribution < 1.29 is 4.79 Å². The maximum atomic E-state index is 12.7. The Labute approximate surface area is 146 Å². The SMILES string of the molecule is CCN(Cc1ccccc1C)C(=O)Cn1ncc2ccccc2c1=O. The highest BCUT2D eigenvalue weighted by Gasteiger charge is 2.15. The van der Waals surface area contributed by atoms with Crippen LogP contribution >= 0.6 is 0 Å². The molecule has 1 heterocycles. The summed E-state index contributed by atoms with van der Waals surface area (Å²) in [6, 6.07) is 15.3. The van der Waals surface area contributed by atoms with E-state index in [2.05, 4.69) is 5.10 Å². The summed E-state index contributed by atoms with van der Waals surface area (Å²) in [6.45, 7) is 5.03. The minimum Gasteiger partial charge on any atom is -0.337 e. The Morgan fingerprint density at radius 2 is 1.84 bits per heavy atom. The van der Waals surface area contributed by atoms with Gasteiger partial charge in [-0.15, -0.1) is 0 Å². The van der Waals surface area contributed by atoms with Gasteiger partial charge in [-0.05, 0) is 31.0 Å². The van der Waals surface area contributed by atoms with Crippen LogP contribution in [0.4, 0.5) is 0 Å². The number of carbonyl (C=O) groups excluding carboxylic acids is 1. The molecule has 0 aliphatic carbocycles. The zero-order valence-electron chi connectivity index (χ0n) is 14.5. The van der Waals surface area contributed by atoms with Crippen molar-refractivity contribution in [3.8, 4) is 0 Å². The van der Waals surface area contributed by atoms with Crippen LogP contribution in [0.25, 0.3) is 10.8 Å². The number of amides is 1. The van der Waals surface area contributed by atoms with E-state index in [1.165, 1.54) is 4.68 Å². The summed E-state index contributed by atoms with van der Waals surface area (Å²) in [6.07, 6.45) is 1.63. The smallest absolute Gasteiger partial charge is 0.275 e. The zero-order chi connectivity index (χ0) is 17.8. The van der Waals surface area contributed by atoms with Gasteiger partial charge in [-0.25, -0.2) is 4.68 Å². The fourth-order valence-electron chi connectivity index (χ4n) is 2.84. The number of benzene rings is 2. The zero-order valence-corrected chi connectivity index (χ0v) is 14.5.